The van der Waals surface area contributed by atoms with Crippen LogP contribution in [0.25, 0.3) is 0 Å². The van der Waals surface area contributed by atoms with Crippen LogP contribution in [0, 0.1) is 10.1 Å². The molecule has 0 heterocycles. The molecule has 16 heavy (non-hydrogen) atoms. The highest BCUT2D eigenvalue weighted by atomic mass is 16.6. The molecule has 0 saturated heterocycles. The Labute approximate surface area is 93.1 Å². The molecule has 0 aliphatic heterocycles. The van der Waals surface area contributed by atoms with Gasteiger partial charge in [-0.2, -0.15) is 0 Å². The molecule has 0 aliphatic carbocycles. The Balaban J connectivity index is 2.85. The average molecular weight is 226 g/mol. The van der Waals surface area contributed by atoms with Gasteiger partial charge in [0, 0.05) is 13.2 Å². The molecule has 0 saturated carbocycles. The van der Waals surface area contributed by atoms with Crippen LogP contribution < -0.4 is 10.5 Å². The number of nitrogen functional groups attached to an aromatic ring is 1. The second-order valence-corrected chi connectivity index (χ2v) is 3.36. The summed E-state index contributed by atoms with van der Waals surface area (Å²) >= 11 is 0. The van der Waals surface area contributed by atoms with Crippen LogP contribution in [-0.4, -0.2) is 24.7 Å². The largest absolute Gasteiger partial charge is 0.486 e. The van der Waals surface area contributed by atoms with Gasteiger partial charge in [0.2, 0.25) is 0 Å². The molecule has 1 rings (SSSR count). The van der Waals surface area contributed by atoms with Gasteiger partial charge >= 0.3 is 0 Å². The number of hydrogen-bond acceptors (Lipinski definition) is 5. The molecule has 88 valence electrons. The van der Waals surface area contributed by atoms with Crippen molar-refractivity contribution >= 4 is 11.4 Å². The molecule has 0 aliphatic rings. The van der Waals surface area contributed by atoms with Gasteiger partial charge in [-0.25, -0.2) is 0 Å². The topological polar surface area (TPSA) is 87.6 Å². The van der Waals surface area contributed by atoms with Crippen LogP contribution in [0.3, 0.4) is 0 Å². The Hall–Kier alpha value is -1.82. The van der Waals surface area contributed by atoms with E-state index < -0.39 is 4.92 Å². The first-order valence-electron chi connectivity index (χ1n) is 4.74. The van der Waals surface area contributed by atoms with Gasteiger partial charge in [-0.05, 0) is 13.0 Å². The van der Waals surface area contributed by atoms with E-state index in [4.69, 9.17) is 15.2 Å². The quantitative estimate of drug-likeness (QED) is 0.468. The van der Waals surface area contributed by atoms with Crippen molar-refractivity contribution in [1.82, 2.24) is 0 Å². The minimum Gasteiger partial charge on any atom is -0.486 e. The lowest BCUT2D eigenvalue weighted by atomic mass is 10.2. The summed E-state index contributed by atoms with van der Waals surface area (Å²) in [4.78, 5) is 10.1. The number of nitrogens with zero attached hydrogens (tertiary/aromatic N) is 1. The Morgan fingerprint density at radius 2 is 2.25 bits per heavy atom. The average Bonchev–Trinajstić information content (AvgIpc) is 2.21. The standard InChI is InChI=1S/C10H14N2O4/c1-7(6-15-2)16-10-5-8(12(13)14)3-4-9(10)11/h3-5,7H,6,11H2,1-2H3. The van der Waals surface area contributed by atoms with E-state index in [0.717, 1.165) is 0 Å². The van der Waals surface area contributed by atoms with Gasteiger partial charge in [0.05, 0.1) is 23.3 Å². The summed E-state index contributed by atoms with van der Waals surface area (Å²) in [5.74, 6) is 0.304. The van der Waals surface area contributed by atoms with Gasteiger partial charge in [0.15, 0.2) is 0 Å². The first kappa shape index (κ1) is 12.3. The van der Waals surface area contributed by atoms with E-state index in [1.54, 1.807) is 14.0 Å². The van der Waals surface area contributed by atoms with Crippen LogP contribution in [0.15, 0.2) is 18.2 Å². The zero-order valence-corrected chi connectivity index (χ0v) is 9.17. The predicted molar refractivity (Wildman–Crippen MR) is 59.5 cm³/mol. The van der Waals surface area contributed by atoms with Gasteiger partial charge in [-0.1, -0.05) is 0 Å². The second-order valence-electron chi connectivity index (χ2n) is 3.36. The lowest BCUT2D eigenvalue weighted by Gasteiger charge is -2.14. The third-order valence-electron chi connectivity index (χ3n) is 1.94. The highest BCUT2D eigenvalue weighted by molar-refractivity contribution is 5.57. The summed E-state index contributed by atoms with van der Waals surface area (Å²) in [5, 5.41) is 10.6. The van der Waals surface area contributed by atoms with Gasteiger partial charge in [-0.15, -0.1) is 0 Å². The van der Waals surface area contributed by atoms with Gasteiger partial charge in [0.25, 0.3) is 5.69 Å². The fourth-order valence-corrected chi connectivity index (χ4v) is 1.22. The zero-order chi connectivity index (χ0) is 12.1. The Bertz CT molecular complexity index is 381. The molecule has 0 amide bonds. The van der Waals surface area contributed by atoms with Crippen LogP contribution in [0.1, 0.15) is 6.92 Å². The second kappa shape index (κ2) is 5.32. The maximum Gasteiger partial charge on any atom is 0.273 e. The summed E-state index contributed by atoms with van der Waals surface area (Å²) in [6.45, 7) is 2.18. The fraction of sp³-hybridized carbons (Fsp3) is 0.400. The number of ether oxygens (including phenoxy) is 2. The van der Waals surface area contributed by atoms with Crippen LogP contribution in [0.2, 0.25) is 0 Å². The third kappa shape index (κ3) is 3.09. The molecular weight excluding hydrogens is 212 g/mol. The van der Waals surface area contributed by atoms with Gasteiger partial charge in [-0.3, -0.25) is 10.1 Å². The van der Waals surface area contributed by atoms with Crippen molar-refractivity contribution in [2.24, 2.45) is 0 Å². The molecular formula is C10H14N2O4. The van der Waals surface area contributed by atoms with Crippen molar-refractivity contribution in [3.05, 3.63) is 28.3 Å². The number of nitro groups is 1. The normalized spacial score (nSPS) is 12.1. The van der Waals surface area contributed by atoms with E-state index in [1.807, 2.05) is 0 Å². The number of rotatable bonds is 5. The smallest absolute Gasteiger partial charge is 0.273 e. The molecule has 1 atom stereocenters. The van der Waals surface area contributed by atoms with Crippen molar-refractivity contribution in [3.8, 4) is 5.75 Å². The number of nitrogens with two attached hydrogens (primary N) is 1. The highest BCUT2D eigenvalue weighted by Crippen LogP contribution is 2.27. The molecule has 0 aromatic heterocycles. The Kier molecular flexibility index (Phi) is 4.07. The maximum absolute atomic E-state index is 10.6. The first-order chi connectivity index (χ1) is 7.54. The third-order valence-corrected chi connectivity index (χ3v) is 1.94. The molecule has 1 aromatic rings. The maximum atomic E-state index is 10.6. The van der Waals surface area contributed by atoms with Crippen LogP contribution in [-0.2, 0) is 4.74 Å². The molecule has 1 unspecified atom stereocenters. The summed E-state index contributed by atoms with van der Waals surface area (Å²) in [6, 6.07) is 4.09. The fourth-order valence-electron chi connectivity index (χ4n) is 1.22. The summed E-state index contributed by atoms with van der Waals surface area (Å²) < 4.78 is 10.3. The summed E-state index contributed by atoms with van der Waals surface area (Å²) in [6.07, 6.45) is -0.214. The monoisotopic (exact) mass is 226 g/mol. The zero-order valence-electron chi connectivity index (χ0n) is 9.17. The Morgan fingerprint density at radius 1 is 1.56 bits per heavy atom. The van der Waals surface area contributed by atoms with Gasteiger partial charge < -0.3 is 15.2 Å². The number of benzene rings is 1. The number of methoxy groups -OCH3 is 1. The van der Waals surface area contributed by atoms with Crippen LogP contribution in [0.4, 0.5) is 11.4 Å². The summed E-state index contributed by atoms with van der Waals surface area (Å²) in [7, 11) is 1.55. The minimum absolute atomic E-state index is 0.0474. The molecule has 2 N–H and O–H groups in total. The lowest BCUT2D eigenvalue weighted by Crippen LogP contribution is -2.18. The molecule has 0 bridgehead atoms. The van der Waals surface area contributed by atoms with E-state index in [1.165, 1.54) is 18.2 Å². The SMILES string of the molecule is COCC(C)Oc1cc([N+](=O)[O-])ccc1N. The highest BCUT2D eigenvalue weighted by Gasteiger charge is 2.12. The number of nitro benzene ring substituents is 1. The molecule has 0 fully saturated rings. The predicted octanol–water partition coefficient (Wildman–Crippen LogP) is 1.59. The number of non-ortho nitro benzene ring substituents is 1. The van der Waals surface area contributed by atoms with E-state index in [9.17, 15) is 10.1 Å². The van der Waals surface area contributed by atoms with E-state index in [-0.39, 0.29) is 11.8 Å². The van der Waals surface area contributed by atoms with Crippen molar-refractivity contribution < 1.29 is 14.4 Å². The molecule has 0 radical (unpaired) electrons. The van der Waals surface area contributed by atoms with Crippen molar-refractivity contribution in [2.75, 3.05) is 19.5 Å². The lowest BCUT2D eigenvalue weighted by molar-refractivity contribution is -0.384. The van der Waals surface area contributed by atoms with Crippen LogP contribution >= 0.6 is 0 Å². The van der Waals surface area contributed by atoms with E-state index >= 15 is 0 Å². The number of anilines is 1. The molecule has 0 spiro atoms. The van der Waals surface area contributed by atoms with E-state index in [2.05, 4.69) is 0 Å². The molecule has 6 nitrogen and oxygen atoms in total. The van der Waals surface area contributed by atoms with Crippen molar-refractivity contribution in [1.29, 1.82) is 0 Å². The van der Waals surface area contributed by atoms with Crippen LogP contribution in [0.5, 0.6) is 5.75 Å². The van der Waals surface area contributed by atoms with Crippen molar-refractivity contribution in [3.63, 3.8) is 0 Å². The number of hydrogen-bond donors (Lipinski definition) is 1. The minimum atomic E-state index is -0.493. The first-order valence-corrected chi connectivity index (χ1v) is 4.74. The van der Waals surface area contributed by atoms with Crippen molar-refractivity contribution in [2.45, 2.75) is 13.0 Å². The van der Waals surface area contributed by atoms with E-state index in [0.29, 0.717) is 18.0 Å². The summed E-state index contributed by atoms with van der Waals surface area (Å²) in [5.41, 5.74) is 5.97. The molecule has 1 aromatic carbocycles. The van der Waals surface area contributed by atoms with Gasteiger partial charge in [0.1, 0.15) is 11.9 Å². The Morgan fingerprint density at radius 3 is 2.81 bits per heavy atom. The molecule has 6 heteroatoms.